The Morgan fingerprint density at radius 2 is 1.71 bits per heavy atom. The van der Waals surface area contributed by atoms with E-state index in [1.807, 2.05) is 31.2 Å². The number of benzene rings is 2. The zero-order valence-electron chi connectivity index (χ0n) is 14.2. The highest BCUT2D eigenvalue weighted by Crippen LogP contribution is 2.16. The second-order valence-corrected chi connectivity index (χ2v) is 8.68. The second kappa shape index (κ2) is 7.62. The van der Waals surface area contributed by atoms with Crippen molar-refractivity contribution in [2.75, 3.05) is 0 Å². The molecule has 4 nitrogen and oxygen atoms in total. The van der Waals surface area contributed by atoms with Crippen molar-refractivity contribution in [1.29, 1.82) is 0 Å². The van der Waals surface area contributed by atoms with Crippen LogP contribution < -0.4 is 5.32 Å². The van der Waals surface area contributed by atoms with Crippen LogP contribution in [0.5, 0.6) is 0 Å². The fourth-order valence-corrected chi connectivity index (χ4v) is 3.40. The van der Waals surface area contributed by atoms with Crippen LogP contribution in [0, 0.1) is 6.92 Å². The summed E-state index contributed by atoms with van der Waals surface area (Å²) in [5, 5.41) is 2.41. The summed E-state index contributed by atoms with van der Waals surface area (Å²) in [6, 6.07) is 14.5. The standard InChI is InChI=1S/C19H23NO3S/c1-14(2)24(22,23)18-9-7-16(8-10-18)13-20-19(21)12-17-6-4-5-15(3)11-17/h4-11,14H,12-13H2,1-3H3,(H,20,21). The van der Waals surface area contributed by atoms with E-state index in [0.29, 0.717) is 17.9 Å². The van der Waals surface area contributed by atoms with Crippen LogP contribution in [0.2, 0.25) is 0 Å². The molecule has 5 heteroatoms. The van der Waals surface area contributed by atoms with Gasteiger partial charge in [-0.3, -0.25) is 4.79 Å². The van der Waals surface area contributed by atoms with Gasteiger partial charge in [-0.2, -0.15) is 0 Å². The van der Waals surface area contributed by atoms with Gasteiger partial charge in [-0.1, -0.05) is 42.0 Å². The van der Waals surface area contributed by atoms with E-state index in [1.165, 1.54) is 0 Å². The van der Waals surface area contributed by atoms with Crippen molar-refractivity contribution in [2.45, 2.75) is 43.9 Å². The predicted molar refractivity (Wildman–Crippen MR) is 95.5 cm³/mol. The third-order valence-corrected chi connectivity index (χ3v) is 5.98. The van der Waals surface area contributed by atoms with Gasteiger partial charge in [0.15, 0.2) is 9.84 Å². The number of hydrogen-bond donors (Lipinski definition) is 1. The lowest BCUT2D eigenvalue weighted by Gasteiger charge is -2.09. The van der Waals surface area contributed by atoms with Gasteiger partial charge in [0.2, 0.25) is 5.91 Å². The van der Waals surface area contributed by atoms with Crippen LogP contribution in [-0.2, 0) is 27.6 Å². The first kappa shape index (κ1) is 18.2. The second-order valence-electron chi connectivity index (χ2n) is 6.18. The number of sulfone groups is 1. The lowest BCUT2D eigenvalue weighted by atomic mass is 10.1. The highest BCUT2D eigenvalue weighted by atomic mass is 32.2. The molecule has 2 aromatic rings. The smallest absolute Gasteiger partial charge is 0.224 e. The number of amides is 1. The van der Waals surface area contributed by atoms with E-state index in [1.54, 1.807) is 38.1 Å². The lowest BCUT2D eigenvalue weighted by Crippen LogP contribution is -2.24. The summed E-state index contributed by atoms with van der Waals surface area (Å²) < 4.78 is 24.1. The monoisotopic (exact) mass is 345 g/mol. The molecule has 0 atom stereocenters. The Morgan fingerprint density at radius 3 is 2.29 bits per heavy atom. The number of aryl methyl sites for hydroxylation is 1. The summed E-state index contributed by atoms with van der Waals surface area (Å²) in [6.45, 7) is 5.70. The highest BCUT2D eigenvalue weighted by Gasteiger charge is 2.18. The number of carbonyl (C=O) groups excluding carboxylic acids is 1. The number of rotatable bonds is 6. The Bertz CT molecular complexity index is 809. The van der Waals surface area contributed by atoms with Crippen LogP contribution in [0.15, 0.2) is 53.4 Å². The first-order valence-corrected chi connectivity index (χ1v) is 9.49. The van der Waals surface area contributed by atoms with E-state index in [9.17, 15) is 13.2 Å². The van der Waals surface area contributed by atoms with Gasteiger partial charge >= 0.3 is 0 Å². The highest BCUT2D eigenvalue weighted by molar-refractivity contribution is 7.92. The normalized spacial score (nSPS) is 11.5. The summed E-state index contributed by atoms with van der Waals surface area (Å²) in [5.41, 5.74) is 2.98. The SMILES string of the molecule is Cc1cccc(CC(=O)NCc2ccc(S(=O)(=O)C(C)C)cc2)c1. The Morgan fingerprint density at radius 1 is 1.04 bits per heavy atom. The van der Waals surface area contributed by atoms with Crippen molar-refractivity contribution in [3.8, 4) is 0 Å². The van der Waals surface area contributed by atoms with Gasteiger partial charge in [-0.05, 0) is 44.0 Å². The van der Waals surface area contributed by atoms with E-state index in [-0.39, 0.29) is 5.91 Å². The topological polar surface area (TPSA) is 63.2 Å². The van der Waals surface area contributed by atoms with Crippen molar-refractivity contribution >= 4 is 15.7 Å². The predicted octanol–water partition coefficient (Wildman–Crippen LogP) is 3.04. The minimum Gasteiger partial charge on any atom is -0.352 e. The molecule has 0 aliphatic heterocycles. The van der Waals surface area contributed by atoms with E-state index >= 15 is 0 Å². The zero-order chi connectivity index (χ0) is 17.7. The molecule has 0 saturated carbocycles. The van der Waals surface area contributed by atoms with Crippen LogP contribution in [-0.4, -0.2) is 19.6 Å². The van der Waals surface area contributed by atoms with Crippen molar-refractivity contribution < 1.29 is 13.2 Å². The van der Waals surface area contributed by atoms with E-state index in [4.69, 9.17) is 0 Å². The molecular weight excluding hydrogens is 322 g/mol. The minimum absolute atomic E-state index is 0.0560. The van der Waals surface area contributed by atoms with Gasteiger partial charge in [-0.25, -0.2) is 8.42 Å². The number of nitrogens with one attached hydrogen (secondary N) is 1. The molecule has 24 heavy (non-hydrogen) atoms. The molecular formula is C19H23NO3S. The molecule has 0 aromatic heterocycles. The Balaban J connectivity index is 1.94. The molecule has 2 rings (SSSR count). The summed E-state index contributed by atoms with van der Waals surface area (Å²) >= 11 is 0. The Hall–Kier alpha value is -2.14. The van der Waals surface area contributed by atoms with Crippen molar-refractivity contribution in [2.24, 2.45) is 0 Å². The Labute approximate surface area is 143 Å². The van der Waals surface area contributed by atoms with Crippen LogP contribution >= 0.6 is 0 Å². The number of carbonyl (C=O) groups is 1. The van der Waals surface area contributed by atoms with Crippen LogP contribution in [0.3, 0.4) is 0 Å². The molecule has 0 fully saturated rings. The fraction of sp³-hybridized carbons (Fsp3) is 0.316. The summed E-state index contributed by atoms with van der Waals surface area (Å²) in [5.74, 6) is -0.0560. The molecule has 0 bridgehead atoms. The molecule has 1 N–H and O–H groups in total. The summed E-state index contributed by atoms with van der Waals surface area (Å²) in [7, 11) is -3.26. The third-order valence-electron chi connectivity index (χ3n) is 3.81. The molecule has 0 heterocycles. The molecule has 0 saturated heterocycles. The van der Waals surface area contributed by atoms with Crippen molar-refractivity contribution in [1.82, 2.24) is 5.32 Å². The molecule has 0 aliphatic carbocycles. The molecule has 128 valence electrons. The van der Waals surface area contributed by atoms with E-state index in [2.05, 4.69) is 5.32 Å². The molecule has 0 unspecified atom stereocenters. The maximum atomic E-state index is 12.1. The quantitative estimate of drug-likeness (QED) is 0.875. The number of hydrogen-bond acceptors (Lipinski definition) is 3. The van der Waals surface area contributed by atoms with Gasteiger partial charge in [0.25, 0.3) is 0 Å². The molecule has 1 amide bonds. The van der Waals surface area contributed by atoms with Gasteiger partial charge in [0.05, 0.1) is 16.6 Å². The van der Waals surface area contributed by atoms with Gasteiger partial charge in [0.1, 0.15) is 0 Å². The zero-order valence-corrected chi connectivity index (χ0v) is 15.1. The maximum Gasteiger partial charge on any atom is 0.224 e. The maximum absolute atomic E-state index is 12.1. The van der Waals surface area contributed by atoms with Gasteiger partial charge in [-0.15, -0.1) is 0 Å². The minimum atomic E-state index is -3.26. The first-order chi connectivity index (χ1) is 11.3. The van der Waals surface area contributed by atoms with Crippen molar-refractivity contribution in [3.05, 3.63) is 65.2 Å². The van der Waals surface area contributed by atoms with Gasteiger partial charge in [0, 0.05) is 6.54 Å². The van der Waals surface area contributed by atoms with Crippen LogP contribution in [0.1, 0.15) is 30.5 Å². The Kier molecular flexibility index (Phi) is 5.78. The fourth-order valence-electron chi connectivity index (χ4n) is 2.34. The van der Waals surface area contributed by atoms with Crippen LogP contribution in [0.4, 0.5) is 0 Å². The summed E-state index contributed by atoms with van der Waals surface area (Å²) in [6.07, 6.45) is 0.335. The average Bonchev–Trinajstić information content (AvgIpc) is 2.53. The van der Waals surface area contributed by atoms with Crippen molar-refractivity contribution in [3.63, 3.8) is 0 Å². The van der Waals surface area contributed by atoms with E-state index in [0.717, 1.165) is 16.7 Å². The third kappa shape index (κ3) is 4.68. The average molecular weight is 345 g/mol. The first-order valence-electron chi connectivity index (χ1n) is 7.94. The summed E-state index contributed by atoms with van der Waals surface area (Å²) in [4.78, 5) is 12.3. The molecule has 0 aliphatic rings. The van der Waals surface area contributed by atoms with Gasteiger partial charge < -0.3 is 5.32 Å². The lowest BCUT2D eigenvalue weighted by molar-refractivity contribution is -0.120. The molecule has 2 aromatic carbocycles. The molecule has 0 radical (unpaired) electrons. The molecule has 0 spiro atoms. The van der Waals surface area contributed by atoms with Crippen LogP contribution in [0.25, 0.3) is 0 Å². The largest absolute Gasteiger partial charge is 0.352 e. The van der Waals surface area contributed by atoms with E-state index < -0.39 is 15.1 Å².